The molecule has 2 aromatic rings. The maximum Gasteiger partial charge on any atom is 0.307 e. The third-order valence-corrected chi connectivity index (χ3v) is 5.85. The summed E-state index contributed by atoms with van der Waals surface area (Å²) < 4.78 is 5.17. The summed E-state index contributed by atoms with van der Waals surface area (Å²) >= 11 is 2.78. The summed E-state index contributed by atoms with van der Waals surface area (Å²) in [6.45, 7) is 0.186. The molecule has 0 fully saturated rings. The van der Waals surface area contributed by atoms with Crippen LogP contribution in [0.3, 0.4) is 0 Å². The highest BCUT2D eigenvalue weighted by atomic mass is 32.2. The number of carbonyl (C=O) groups is 3. The molecule has 1 N–H and O–H groups in total. The number of hydrogen-bond donors (Lipinski definition) is 1. The largest absolute Gasteiger partial charge is 0.466 e. The minimum absolute atomic E-state index is 0.0176. The molecular weight excluding hydrogens is 358 g/mol. The Morgan fingerprint density at radius 3 is 2.80 bits per heavy atom. The van der Waals surface area contributed by atoms with Crippen molar-refractivity contribution in [3.8, 4) is 0 Å². The zero-order valence-electron chi connectivity index (χ0n) is 13.4. The van der Waals surface area contributed by atoms with E-state index in [4.69, 9.17) is 4.74 Å². The molecule has 130 valence electrons. The van der Waals surface area contributed by atoms with Crippen LogP contribution in [-0.4, -0.2) is 29.5 Å². The van der Waals surface area contributed by atoms with Crippen LogP contribution in [0.2, 0.25) is 0 Å². The molecule has 1 amide bonds. The van der Waals surface area contributed by atoms with Gasteiger partial charge >= 0.3 is 5.97 Å². The van der Waals surface area contributed by atoms with Gasteiger partial charge in [0.15, 0.2) is 5.78 Å². The van der Waals surface area contributed by atoms with Gasteiger partial charge < -0.3 is 10.1 Å². The van der Waals surface area contributed by atoms with E-state index >= 15 is 0 Å². The Morgan fingerprint density at radius 1 is 1.16 bits per heavy atom. The Balaban J connectivity index is 1.41. The third-order valence-electron chi connectivity index (χ3n) is 3.67. The van der Waals surface area contributed by atoms with Crippen LogP contribution in [0.4, 0.5) is 5.69 Å². The normalized spacial score (nSPS) is 16.0. The molecular formula is C18H17NO4S2. The van der Waals surface area contributed by atoms with Crippen LogP contribution in [0.5, 0.6) is 0 Å². The lowest BCUT2D eigenvalue weighted by molar-refractivity contribution is -0.144. The van der Waals surface area contributed by atoms with Crippen LogP contribution in [0.25, 0.3) is 0 Å². The van der Waals surface area contributed by atoms with Gasteiger partial charge in [0.2, 0.25) is 5.91 Å². The summed E-state index contributed by atoms with van der Waals surface area (Å²) in [6, 6.07) is 11.1. The van der Waals surface area contributed by atoms with Crippen molar-refractivity contribution in [2.75, 3.05) is 11.9 Å². The number of anilines is 1. The lowest BCUT2D eigenvalue weighted by Gasteiger charge is -2.23. The quantitative estimate of drug-likeness (QED) is 0.453. The van der Waals surface area contributed by atoms with Crippen LogP contribution in [-0.2, 0) is 14.3 Å². The Kier molecular flexibility index (Phi) is 5.88. The van der Waals surface area contributed by atoms with Crippen LogP contribution in [0.15, 0.2) is 46.7 Å². The van der Waals surface area contributed by atoms with Crippen molar-refractivity contribution in [3.63, 3.8) is 0 Å². The zero-order valence-corrected chi connectivity index (χ0v) is 15.0. The number of para-hydroxylation sites is 1. The van der Waals surface area contributed by atoms with Gasteiger partial charge in [0.1, 0.15) is 0 Å². The van der Waals surface area contributed by atoms with Crippen molar-refractivity contribution < 1.29 is 19.1 Å². The maximum absolute atomic E-state index is 12.1. The number of ether oxygens (including phenoxy) is 1. The molecule has 0 saturated heterocycles. The molecule has 1 aliphatic rings. The monoisotopic (exact) mass is 375 g/mol. The molecule has 5 nitrogen and oxygen atoms in total. The number of benzene rings is 1. The first-order chi connectivity index (χ1) is 12.1. The van der Waals surface area contributed by atoms with Gasteiger partial charge in [-0.1, -0.05) is 18.2 Å². The summed E-state index contributed by atoms with van der Waals surface area (Å²) in [4.78, 5) is 37.5. The van der Waals surface area contributed by atoms with E-state index in [0.717, 1.165) is 15.5 Å². The summed E-state index contributed by atoms with van der Waals surface area (Å²) in [5.41, 5.74) is 0.772. The smallest absolute Gasteiger partial charge is 0.307 e. The Labute approximate surface area is 153 Å². The molecule has 0 unspecified atom stereocenters. The van der Waals surface area contributed by atoms with Crippen molar-refractivity contribution in [1.82, 2.24) is 0 Å². The summed E-state index contributed by atoms with van der Waals surface area (Å²) in [6.07, 6.45) is 0.846. The number of fused-ring (bicyclic) bond motifs is 1. The maximum atomic E-state index is 12.1. The van der Waals surface area contributed by atoms with Crippen molar-refractivity contribution in [3.05, 3.63) is 46.7 Å². The lowest BCUT2D eigenvalue weighted by Crippen LogP contribution is -2.31. The standard InChI is InChI=1S/C18H17NO4S2/c20-13(15-8-4-10-24-15)6-3-9-23-17(21)11-16-18(22)19-12-5-1-2-7-14(12)25-16/h1-2,4-5,7-8,10,16H,3,6,9,11H2,(H,19,22)/t16-/m0/s1. The second-order valence-corrected chi connectivity index (χ2v) is 7.71. The molecule has 2 heterocycles. The molecule has 1 atom stereocenters. The molecule has 1 aliphatic heterocycles. The number of Topliss-reactive ketones (excluding diaryl/α,β-unsaturated/α-hetero) is 1. The average Bonchev–Trinajstić information content (AvgIpc) is 3.14. The number of ketones is 1. The second kappa shape index (κ2) is 8.31. The minimum Gasteiger partial charge on any atom is -0.466 e. The van der Waals surface area contributed by atoms with E-state index < -0.39 is 11.2 Å². The molecule has 7 heteroatoms. The van der Waals surface area contributed by atoms with Gasteiger partial charge in [-0.3, -0.25) is 14.4 Å². The van der Waals surface area contributed by atoms with Crippen LogP contribution >= 0.6 is 23.1 Å². The van der Waals surface area contributed by atoms with Crippen molar-refractivity contribution in [2.45, 2.75) is 29.4 Å². The zero-order chi connectivity index (χ0) is 17.6. The molecule has 0 bridgehead atoms. The Morgan fingerprint density at radius 2 is 2.00 bits per heavy atom. The van der Waals surface area contributed by atoms with Gasteiger partial charge in [-0.05, 0) is 30.0 Å². The van der Waals surface area contributed by atoms with Crippen molar-refractivity contribution >= 4 is 46.4 Å². The molecule has 1 aromatic heterocycles. The van der Waals surface area contributed by atoms with E-state index in [0.29, 0.717) is 12.8 Å². The first kappa shape index (κ1) is 17.7. The van der Waals surface area contributed by atoms with E-state index in [1.54, 1.807) is 6.07 Å². The fourth-order valence-corrected chi connectivity index (χ4v) is 4.21. The summed E-state index contributed by atoms with van der Waals surface area (Å²) in [5.74, 6) is -0.547. The summed E-state index contributed by atoms with van der Waals surface area (Å²) in [5, 5.41) is 4.17. The fourth-order valence-electron chi connectivity index (χ4n) is 2.42. The highest BCUT2D eigenvalue weighted by Crippen LogP contribution is 2.36. The topological polar surface area (TPSA) is 72.5 Å². The lowest BCUT2D eigenvalue weighted by atomic mass is 10.2. The first-order valence-corrected chi connectivity index (χ1v) is 9.68. The van der Waals surface area contributed by atoms with Gasteiger partial charge in [-0.2, -0.15) is 0 Å². The number of esters is 1. The van der Waals surface area contributed by atoms with Gasteiger partial charge in [0.05, 0.1) is 28.8 Å². The minimum atomic E-state index is -0.491. The van der Waals surface area contributed by atoms with Gasteiger partial charge in [-0.15, -0.1) is 23.1 Å². The van der Waals surface area contributed by atoms with Crippen LogP contribution in [0.1, 0.15) is 28.9 Å². The number of amides is 1. The number of rotatable bonds is 7. The highest BCUT2D eigenvalue weighted by Gasteiger charge is 2.29. The van der Waals surface area contributed by atoms with Crippen molar-refractivity contribution in [1.29, 1.82) is 0 Å². The van der Waals surface area contributed by atoms with E-state index in [-0.39, 0.29) is 24.7 Å². The van der Waals surface area contributed by atoms with Gasteiger partial charge in [-0.25, -0.2) is 0 Å². The Hall–Kier alpha value is -2.12. The van der Waals surface area contributed by atoms with E-state index in [1.807, 2.05) is 35.7 Å². The van der Waals surface area contributed by atoms with Gasteiger partial charge in [0.25, 0.3) is 0 Å². The number of nitrogens with one attached hydrogen (secondary N) is 1. The SMILES string of the molecule is O=C(C[C@@H]1Sc2ccccc2NC1=O)OCCCC(=O)c1cccs1. The summed E-state index contributed by atoms with van der Waals surface area (Å²) in [7, 11) is 0. The molecule has 0 aliphatic carbocycles. The number of thioether (sulfide) groups is 1. The fraction of sp³-hybridized carbons (Fsp3) is 0.278. The molecule has 1 aromatic carbocycles. The number of carbonyl (C=O) groups excluding carboxylic acids is 3. The van der Waals surface area contributed by atoms with Crippen LogP contribution < -0.4 is 5.32 Å². The molecule has 0 spiro atoms. The molecule has 0 saturated carbocycles. The van der Waals surface area contributed by atoms with E-state index in [1.165, 1.54) is 23.1 Å². The van der Waals surface area contributed by atoms with Crippen LogP contribution in [0, 0.1) is 0 Å². The molecule has 3 rings (SSSR count). The van der Waals surface area contributed by atoms with Gasteiger partial charge in [0, 0.05) is 11.3 Å². The second-order valence-electron chi connectivity index (χ2n) is 5.52. The highest BCUT2D eigenvalue weighted by molar-refractivity contribution is 8.01. The van der Waals surface area contributed by atoms with Crippen molar-refractivity contribution in [2.24, 2.45) is 0 Å². The predicted octanol–water partition coefficient (Wildman–Crippen LogP) is 3.76. The van der Waals surface area contributed by atoms with E-state index in [2.05, 4.69) is 5.32 Å². The molecule has 25 heavy (non-hydrogen) atoms. The molecule has 0 radical (unpaired) electrons. The Bertz CT molecular complexity index is 773. The number of hydrogen-bond acceptors (Lipinski definition) is 6. The first-order valence-electron chi connectivity index (χ1n) is 7.92. The average molecular weight is 375 g/mol. The van der Waals surface area contributed by atoms with E-state index in [9.17, 15) is 14.4 Å². The third kappa shape index (κ3) is 4.70. The number of thiophene rings is 1. The predicted molar refractivity (Wildman–Crippen MR) is 98.2 cm³/mol.